The monoisotopic (exact) mass is 282 g/mol. The van der Waals surface area contributed by atoms with Gasteiger partial charge in [0, 0.05) is 31.9 Å². The number of hydrogen-bond acceptors (Lipinski definition) is 6. The van der Waals surface area contributed by atoms with Crippen LogP contribution >= 0.6 is 0 Å². The zero-order valence-electron chi connectivity index (χ0n) is 11.5. The summed E-state index contributed by atoms with van der Waals surface area (Å²) >= 11 is 0. The minimum Gasteiger partial charge on any atom is -0.377 e. The highest BCUT2D eigenvalue weighted by atomic mass is 16.5. The first-order chi connectivity index (χ1) is 9.46. The third kappa shape index (κ3) is 3.23. The third-order valence-electron chi connectivity index (χ3n) is 2.76. The smallest absolute Gasteiger partial charge is 0.276 e. The predicted molar refractivity (Wildman–Crippen MR) is 72.0 cm³/mol. The lowest BCUT2D eigenvalue weighted by atomic mass is 10.00. The summed E-state index contributed by atoms with van der Waals surface area (Å²) < 4.78 is 0. The van der Waals surface area contributed by atoms with Gasteiger partial charge in [0.05, 0.1) is 5.56 Å². The number of rotatable bonds is 5. The molecule has 0 aromatic heterocycles. The first-order valence-corrected chi connectivity index (χ1v) is 5.84. The van der Waals surface area contributed by atoms with E-state index in [2.05, 4.69) is 5.32 Å². The summed E-state index contributed by atoms with van der Waals surface area (Å²) in [6.07, 6.45) is 0. The Kier molecular flexibility index (Phi) is 5.44. The number of amides is 2. The molecule has 8 heteroatoms. The van der Waals surface area contributed by atoms with E-state index in [1.165, 1.54) is 12.1 Å². The lowest BCUT2D eigenvalue weighted by molar-refractivity contribution is 0.0697. The summed E-state index contributed by atoms with van der Waals surface area (Å²) in [5.74, 6) is -1.35. The van der Waals surface area contributed by atoms with Crippen molar-refractivity contribution in [3.05, 3.63) is 28.8 Å². The molecule has 0 spiro atoms. The average molecular weight is 282 g/mol. The third-order valence-corrected chi connectivity index (χ3v) is 2.76. The van der Waals surface area contributed by atoms with Crippen LogP contribution in [-0.2, 0) is 6.54 Å². The van der Waals surface area contributed by atoms with Crippen LogP contribution in [0.1, 0.15) is 26.3 Å². The van der Waals surface area contributed by atoms with Crippen molar-refractivity contribution < 1.29 is 20.0 Å². The minimum absolute atomic E-state index is 0.220. The first kappa shape index (κ1) is 15.9. The van der Waals surface area contributed by atoms with Crippen molar-refractivity contribution in [1.82, 2.24) is 16.3 Å². The van der Waals surface area contributed by atoms with E-state index in [1.54, 1.807) is 37.0 Å². The summed E-state index contributed by atoms with van der Waals surface area (Å²) in [6, 6.07) is 2.96. The van der Waals surface area contributed by atoms with Crippen LogP contribution in [0.3, 0.4) is 0 Å². The molecule has 0 saturated carbocycles. The summed E-state index contributed by atoms with van der Waals surface area (Å²) in [5.41, 5.74) is 4.56. The zero-order chi connectivity index (χ0) is 15.3. The van der Waals surface area contributed by atoms with Crippen LogP contribution in [0.2, 0.25) is 0 Å². The fraction of sp³-hybridized carbons (Fsp3) is 0.333. The normalized spacial score (nSPS) is 10.1. The van der Waals surface area contributed by atoms with Gasteiger partial charge in [-0.05, 0) is 24.7 Å². The molecule has 0 unspecified atom stereocenters. The number of nitrogens with zero attached hydrogens (tertiary/aromatic N) is 1. The fourth-order valence-electron chi connectivity index (χ4n) is 1.85. The Morgan fingerprint density at radius 1 is 1.10 bits per heavy atom. The summed E-state index contributed by atoms with van der Waals surface area (Å²) in [5, 5.41) is 20.4. The van der Waals surface area contributed by atoms with Crippen LogP contribution in [0.25, 0.3) is 0 Å². The number of hydrogen-bond donors (Lipinski definition) is 5. The Balaban J connectivity index is 3.50. The molecule has 1 aromatic carbocycles. The van der Waals surface area contributed by atoms with Gasteiger partial charge in [-0.3, -0.25) is 20.0 Å². The molecule has 0 heterocycles. The van der Waals surface area contributed by atoms with Gasteiger partial charge in [0.15, 0.2) is 0 Å². The maximum absolute atomic E-state index is 11.7. The van der Waals surface area contributed by atoms with Gasteiger partial charge in [-0.25, -0.2) is 11.0 Å². The molecule has 0 aliphatic rings. The zero-order valence-corrected chi connectivity index (χ0v) is 11.5. The highest BCUT2D eigenvalue weighted by Gasteiger charge is 2.19. The molecule has 110 valence electrons. The van der Waals surface area contributed by atoms with Crippen LogP contribution in [0.15, 0.2) is 12.1 Å². The Hall–Kier alpha value is -2.16. The van der Waals surface area contributed by atoms with Crippen molar-refractivity contribution in [1.29, 1.82) is 0 Å². The maximum Gasteiger partial charge on any atom is 0.276 e. The molecule has 1 aromatic rings. The number of carbonyl (C=O) groups excluding carboxylic acids is 2. The standard InChI is InChI=1S/C12H18N4O4/c1-13-6-7-4-9(12(18)15-20)10(16(2)3)5-8(7)11(17)14-19/h4-5,13,19-20H,6H2,1-3H3,(H,14,17)(H,15,18). The quantitative estimate of drug-likeness (QED) is 0.374. The molecule has 0 atom stereocenters. The highest BCUT2D eigenvalue weighted by Crippen LogP contribution is 2.24. The second kappa shape index (κ2) is 6.85. The van der Waals surface area contributed by atoms with Crippen molar-refractivity contribution in [3.63, 3.8) is 0 Å². The molecular formula is C12H18N4O4. The Morgan fingerprint density at radius 2 is 1.65 bits per heavy atom. The molecule has 5 N–H and O–H groups in total. The largest absolute Gasteiger partial charge is 0.377 e. The van der Waals surface area contributed by atoms with Gasteiger partial charge in [0.1, 0.15) is 0 Å². The molecule has 2 amide bonds. The summed E-state index contributed by atoms with van der Waals surface area (Å²) in [6.45, 7) is 0.322. The van der Waals surface area contributed by atoms with Crippen LogP contribution in [0.5, 0.6) is 0 Å². The lowest BCUT2D eigenvalue weighted by Gasteiger charge is -2.19. The van der Waals surface area contributed by atoms with Gasteiger partial charge in [-0.1, -0.05) is 0 Å². The molecule has 0 aliphatic heterocycles. The molecule has 1 rings (SSSR count). The Labute approximate surface area is 116 Å². The van der Waals surface area contributed by atoms with Gasteiger partial charge in [-0.15, -0.1) is 0 Å². The van der Waals surface area contributed by atoms with Crippen molar-refractivity contribution in [3.8, 4) is 0 Å². The van der Waals surface area contributed by atoms with E-state index in [1.807, 2.05) is 0 Å². The van der Waals surface area contributed by atoms with Gasteiger partial charge in [0.25, 0.3) is 11.8 Å². The molecule has 0 aliphatic carbocycles. The van der Waals surface area contributed by atoms with Gasteiger partial charge in [-0.2, -0.15) is 0 Å². The summed E-state index contributed by atoms with van der Waals surface area (Å²) in [7, 11) is 5.08. The molecule has 0 radical (unpaired) electrons. The van der Waals surface area contributed by atoms with E-state index < -0.39 is 11.8 Å². The molecule has 0 saturated heterocycles. The number of anilines is 1. The molecular weight excluding hydrogens is 264 g/mol. The number of benzene rings is 1. The number of carbonyl (C=O) groups is 2. The molecule has 20 heavy (non-hydrogen) atoms. The van der Waals surface area contributed by atoms with Crippen molar-refractivity contribution >= 4 is 17.5 Å². The maximum atomic E-state index is 11.7. The van der Waals surface area contributed by atoms with E-state index >= 15 is 0 Å². The minimum atomic E-state index is -0.679. The molecule has 0 bridgehead atoms. The average Bonchev–Trinajstić information content (AvgIpc) is 2.45. The van der Waals surface area contributed by atoms with E-state index in [4.69, 9.17) is 10.4 Å². The van der Waals surface area contributed by atoms with Gasteiger partial charge >= 0.3 is 0 Å². The number of hydroxylamine groups is 2. The van der Waals surface area contributed by atoms with E-state index in [9.17, 15) is 9.59 Å². The van der Waals surface area contributed by atoms with Crippen molar-refractivity contribution in [2.24, 2.45) is 0 Å². The topological polar surface area (TPSA) is 114 Å². The second-order valence-corrected chi connectivity index (χ2v) is 4.33. The van der Waals surface area contributed by atoms with E-state index in [0.29, 0.717) is 17.8 Å². The highest BCUT2D eigenvalue weighted by molar-refractivity contribution is 6.03. The van der Waals surface area contributed by atoms with Crippen LogP contribution in [0, 0.1) is 0 Å². The van der Waals surface area contributed by atoms with Crippen molar-refractivity contribution in [2.75, 3.05) is 26.0 Å². The molecule has 0 fully saturated rings. The Morgan fingerprint density at radius 3 is 2.10 bits per heavy atom. The van der Waals surface area contributed by atoms with Gasteiger partial charge in [0.2, 0.25) is 0 Å². The fourth-order valence-corrected chi connectivity index (χ4v) is 1.85. The SMILES string of the molecule is CNCc1cc(C(=O)NO)c(N(C)C)cc1C(=O)NO. The van der Waals surface area contributed by atoms with Gasteiger partial charge < -0.3 is 10.2 Å². The van der Waals surface area contributed by atoms with E-state index in [-0.39, 0.29) is 11.1 Å². The number of nitrogens with one attached hydrogen (secondary N) is 3. The predicted octanol–water partition coefficient (Wildman–Crippen LogP) is -0.290. The van der Waals surface area contributed by atoms with Crippen LogP contribution in [-0.4, -0.2) is 43.4 Å². The van der Waals surface area contributed by atoms with Crippen molar-refractivity contribution in [2.45, 2.75) is 6.54 Å². The summed E-state index contributed by atoms with van der Waals surface area (Å²) in [4.78, 5) is 25.0. The Bertz CT molecular complexity index is 516. The van der Waals surface area contributed by atoms with Crippen LogP contribution in [0.4, 0.5) is 5.69 Å². The first-order valence-electron chi connectivity index (χ1n) is 5.84. The molecule has 8 nitrogen and oxygen atoms in total. The second-order valence-electron chi connectivity index (χ2n) is 4.33. The van der Waals surface area contributed by atoms with E-state index in [0.717, 1.165) is 0 Å². The lowest BCUT2D eigenvalue weighted by Crippen LogP contribution is -2.26. The van der Waals surface area contributed by atoms with Crippen LogP contribution < -0.4 is 21.2 Å².